The van der Waals surface area contributed by atoms with Gasteiger partial charge in [-0.15, -0.1) is 0 Å². The Morgan fingerprint density at radius 1 is 1.33 bits per heavy atom. The van der Waals surface area contributed by atoms with Gasteiger partial charge < -0.3 is 9.64 Å². The highest BCUT2D eigenvalue weighted by Crippen LogP contribution is 2.31. The van der Waals surface area contributed by atoms with E-state index < -0.39 is 0 Å². The van der Waals surface area contributed by atoms with Crippen LogP contribution >= 0.6 is 0 Å². The van der Waals surface area contributed by atoms with Crippen LogP contribution in [-0.4, -0.2) is 40.3 Å². The summed E-state index contributed by atoms with van der Waals surface area (Å²) in [6.45, 7) is 5.29. The molecular formula is C21H26FN3O2. The molecule has 5 nitrogen and oxygen atoms in total. The second-order valence-electron chi connectivity index (χ2n) is 7.56. The fraction of sp³-hybridized carbons (Fsp3) is 0.524. The molecule has 1 fully saturated rings. The van der Waals surface area contributed by atoms with Crippen LogP contribution in [0.25, 0.3) is 0 Å². The SMILES string of the molecule is CCCN(CC1CC1)C(=O)c1nn(Cc2ccc(F)cc2)c2c1COCC2. The van der Waals surface area contributed by atoms with Crippen molar-refractivity contribution < 1.29 is 13.9 Å². The highest BCUT2D eigenvalue weighted by atomic mass is 19.1. The first-order chi connectivity index (χ1) is 13.2. The average molecular weight is 371 g/mol. The lowest BCUT2D eigenvalue weighted by molar-refractivity contribution is 0.0728. The zero-order valence-corrected chi connectivity index (χ0v) is 15.8. The van der Waals surface area contributed by atoms with Gasteiger partial charge in [-0.3, -0.25) is 9.48 Å². The van der Waals surface area contributed by atoms with Crippen LogP contribution < -0.4 is 0 Å². The van der Waals surface area contributed by atoms with Crippen LogP contribution in [0.4, 0.5) is 4.39 Å². The Bertz CT molecular complexity index is 812. The van der Waals surface area contributed by atoms with Crippen molar-refractivity contribution in [1.82, 2.24) is 14.7 Å². The molecule has 2 aliphatic rings. The lowest BCUT2D eigenvalue weighted by Gasteiger charge is -2.22. The number of hydrogen-bond donors (Lipinski definition) is 0. The molecule has 0 saturated heterocycles. The van der Waals surface area contributed by atoms with Crippen LogP contribution in [0.15, 0.2) is 24.3 Å². The molecule has 1 saturated carbocycles. The lowest BCUT2D eigenvalue weighted by Crippen LogP contribution is -2.34. The third-order valence-corrected chi connectivity index (χ3v) is 5.30. The van der Waals surface area contributed by atoms with Gasteiger partial charge in [0.1, 0.15) is 5.82 Å². The third kappa shape index (κ3) is 4.05. The van der Waals surface area contributed by atoms with Gasteiger partial charge in [-0.1, -0.05) is 19.1 Å². The third-order valence-electron chi connectivity index (χ3n) is 5.30. The predicted octanol–water partition coefficient (Wildman–Crippen LogP) is 3.41. The summed E-state index contributed by atoms with van der Waals surface area (Å²) in [6.07, 6.45) is 4.11. The molecule has 0 unspecified atom stereocenters. The summed E-state index contributed by atoms with van der Waals surface area (Å²) in [5, 5.41) is 4.69. The van der Waals surface area contributed by atoms with Crippen LogP contribution in [0.2, 0.25) is 0 Å². The predicted molar refractivity (Wildman–Crippen MR) is 100 cm³/mol. The van der Waals surface area contributed by atoms with Gasteiger partial charge in [0, 0.05) is 30.8 Å². The molecule has 0 spiro atoms. The minimum Gasteiger partial charge on any atom is -0.376 e. The molecule has 0 radical (unpaired) electrons. The van der Waals surface area contributed by atoms with Gasteiger partial charge in [0.2, 0.25) is 0 Å². The number of hydrogen-bond acceptors (Lipinski definition) is 3. The van der Waals surface area contributed by atoms with Crippen molar-refractivity contribution in [3.05, 3.63) is 52.6 Å². The maximum Gasteiger partial charge on any atom is 0.274 e. The first kappa shape index (κ1) is 18.2. The topological polar surface area (TPSA) is 47.4 Å². The second kappa shape index (κ2) is 7.80. The van der Waals surface area contributed by atoms with E-state index >= 15 is 0 Å². The van der Waals surface area contributed by atoms with E-state index in [4.69, 9.17) is 9.84 Å². The quantitative estimate of drug-likeness (QED) is 0.749. The monoisotopic (exact) mass is 371 g/mol. The van der Waals surface area contributed by atoms with Gasteiger partial charge in [-0.05, 0) is 42.9 Å². The van der Waals surface area contributed by atoms with Gasteiger partial charge in [0.15, 0.2) is 5.69 Å². The van der Waals surface area contributed by atoms with Crippen molar-refractivity contribution >= 4 is 5.91 Å². The van der Waals surface area contributed by atoms with E-state index in [9.17, 15) is 9.18 Å². The first-order valence-corrected chi connectivity index (χ1v) is 9.85. The minimum absolute atomic E-state index is 0.0170. The molecule has 0 bridgehead atoms. The summed E-state index contributed by atoms with van der Waals surface area (Å²) < 4.78 is 20.7. The molecule has 1 aliphatic carbocycles. The Labute approximate surface area is 159 Å². The van der Waals surface area contributed by atoms with Crippen LogP contribution in [0, 0.1) is 11.7 Å². The van der Waals surface area contributed by atoms with Crippen molar-refractivity contribution in [2.45, 2.75) is 45.8 Å². The number of fused-ring (bicyclic) bond motifs is 1. The molecule has 2 aromatic rings. The molecule has 1 aliphatic heterocycles. The lowest BCUT2D eigenvalue weighted by atomic mass is 10.1. The van der Waals surface area contributed by atoms with Crippen LogP contribution in [0.5, 0.6) is 0 Å². The maximum atomic E-state index is 13.2. The van der Waals surface area contributed by atoms with Crippen LogP contribution in [-0.2, 0) is 24.3 Å². The van der Waals surface area contributed by atoms with Crippen molar-refractivity contribution in [2.24, 2.45) is 5.92 Å². The number of carbonyl (C=O) groups is 1. The van der Waals surface area contributed by atoms with Crippen molar-refractivity contribution in [2.75, 3.05) is 19.7 Å². The number of benzene rings is 1. The largest absolute Gasteiger partial charge is 0.376 e. The highest BCUT2D eigenvalue weighted by Gasteiger charge is 2.31. The van der Waals surface area contributed by atoms with E-state index in [-0.39, 0.29) is 11.7 Å². The minimum atomic E-state index is -0.249. The van der Waals surface area contributed by atoms with Gasteiger partial charge in [0.05, 0.1) is 19.8 Å². The Morgan fingerprint density at radius 3 is 2.81 bits per heavy atom. The molecular weight excluding hydrogens is 345 g/mol. The fourth-order valence-corrected chi connectivity index (χ4v) is 3.68. The van der Waals surface area contributed by atoms with E-state index in [0.29, 0.717) is 31.4 Å². The van der Waals surface area contributed by atoms with Crippen molar-refractivity contribution in [3.63, 3.8) is 0 Å². The summed E-state index contributed by atoms with van der Waals surface area (Å²) in [5.41, 5.74) is 3.48. The highest BCUT2D eigenvalue weighted by molar-refractivity contribution is 5.94. The second-order valence-corrected chi connectivity index (χ2v) is 7.56. The van der Waals surface area contributed by atoms with Crippen molar-refractivity contribution in [1.29, 1.82) is 0 Å². The molecule has 0 N–H and O–H groups in total. The Balaban J connectivity index is 1.62. The zero-order chi connectivity index (χ0) is 18.8. The van der Waals surface area contributed by atoms with E-state index in [1.54, 1.807) is 12.1 Å². The van der Waals surface area contributed by atoms with Crippen LogP contribution in [0.3, 0.4) is 0 Å². The van der Waals surface area contributed by atoms with Gasteiger partial charge in [0.25, 0.3) is 5.91 Å². The molecule has 2 heterocycles. The number of amides is 1. The standard InChI is InChI=1S/C21H26FN3O2/c1-2-10-24(12-15-3-4-15)21(26)20-18-14-27-11-9-19(18)25(23-20)13-16-5-7-17(22)8-6-16/h5-8,15H,2-4,9-14H2,1H3. The summed E-state index contributed by atoms with van der Waals surface area (Å²) in [4.78, 5) is 15.2. The van der Waals surface area contributed by atoms with Gasteiger partial charge in [-0.25, -0.2) is 4.39 Å². The molecule has 144 valence electrons. The molecule has 1 amide bonds. The Hall–Kier alpha value is -2.21. The summed E-state index contributed by atoms with van der Waals surface area (Å²) in [5.74, 6) is 0.415. The normalized spacial score (nSPS) is 16.2. The molecule has 4 rings (SSSR count). The summed E-state index contributed by atoms with van der Waals surface area (Å²) in [7, 11) is 0. The first-order valence-electron chi connectivity index (χ1n) is 9.85. The maximum absolute atomic E-state index is 13.2. The molecule has 1 aromatic heterocycles. The number of aromatic nitrogens is 2. The molecule has 0 atom stereocenters. The van der Waals surface area contributed by atoms with E-state index in [2.05, 4.69) is 6.92 Å². The number of halogens is 1. The number of nitrogens with zero attached hydrogens (tertiary/aromatic N) is 3. The molecule has 6 heteroatoms. The van der Waals surface area contributed by atoms with E-state index in [1.165, 1.54) is 25.0 Å². The average Bonchev–Trinajstić information content (AvgIpc) is 3.43. The zero-order valence-electron chi connectivity index (χ0n) is 15.8. The van der Waals surface area contributed by atoms with Crippen LogP contribution in [0.1, 0.15) is 53.5 Å². The smallest absolute Gasteiger partial charge is 0.274 e. The number of rotatable bonds is 7. The van der Waals surface area contributed by atoms with Gasteiger partial charge >= 0.3 is 0 Å². The number of carbonyl (C=O) groups excluding carboxylic acids is 1. The fourth-order valence-electron chi connectivity index (χ4n) is 3.68. The summed E-state index contributed by atoms with van der Waals surface area (Å²) in [6, 6.07) is 6.44. The van der Waals surface area contributed by atoms with Gasteiger partial charge in [-0.2, -0.15) is 5.10 Å². The molecule has 27 heavy (non-hydrogen) atoms. The van der Waals surface area contributed by atoms with E-state index in [0.717, 1.165) is 42.8 Å². The van der Waals surface area contributed by atoms with E-state index in [1.807, 2.05) is 9.58 Å². The van der Waals surface area contributed by atoms with Crippen molar-refractivity contribution in [3.8, 4) is 0 Å². The Kier molecular flexibility index (Phi) is 5.25. The molecule has 1 aromatic carbocycles. The summed E-state index contributed by atoms with van der Waals surface area (Å²) >= 11 is 0. The number of ether oxygens (including phenoxy) is 1. The Morgan fingerprint density at radius 2 is 2.11 bits per heavy atom.